The van der Waals surface area contributed by atoms with Crippen molar-refractivity contribution in [3.8, 4) is 11.1 Å². The second-order valence-electron chi connectivity index (χ2n) is 3.96. The second kappa shape index (κ2) is 14.7. The first-order chi connectivity index (χ1) is 10.3. The van der Waals surface area contributed by atoms with E-state index in [4.69, 9.17) is 14.9 Å². The summed E-state index contributed by atoms with van der Waals surface area (Å²) in [5.41, 5.74) is 2.55. The van der Waals surface area contributed by atoms with Gasteiger partial charge in [-0.2, -0.15) is 0 Å². The molecular formula is C18H26O3. The van der Waals surface area contributed by atoms with Crippen molar-refractivity contribution in [1.29, 1.82) is 0 Å². The molecular weight excluding hydrogens is 264 g/mol. The van der Waals surface area contributed by atoms with Crippen LogP contribution in [0.4, 0.5) is 0 Å². The van der Waals surface area contributed by atoms with Crippen LogP contribution in [0.3, 0.4) is 0 Å². The molecule has 0 atom stereocenters. The maximum atomic E-state index is 7.62. The van der Waals surface area contributed by atoms with Gasteiger partial charge in [-0.05, 0) is 25.0 Å². The van der Waals surface area contributed by atoms with E-state index in [0.717, 1.165) is 13.2 Å². The van der Waals surface area contributed by atoms with Gasteiger partial charge in [0.1, 0.15) is 0 Å². The summed E-state index contributed by atoms with van der Waals surface area (Å²) in [5, 5.41) is 15.2. The van der Waals surface area contributed by atoms with Gasteiger partial charge in [0.05, 0.1) is 13.2 Å². The summed E-state index contributed by atoms with van der Waals surface area (Å²) in [5.74, 6) is 0. The van der Waals surface area contributed by atoms with Crippen LogP contribution in [0.5, 0.6) is 0 Å². The number of ether oxygens (including phenoxy) is 1. The highest BCUT2D eigenvalue weighted by Gasteiger charge is 1.91. The van der Waals surface area contributed by atoms with Gasteiger partial charge in [0.15, 0.2) is 0 Å². The molecule has 0 radical (unpaired) electrons. The SMILES string of the molecule is CCOCC.OCCO.c1ccc(-c2ccccc2)cc1. The number of aliphatic hydroxyl groups is 2. The zero-order chi connectivity index (χ0) is 15.8. The second-order valence-corrected chi connectivity index (χ2v) is 3.96. The van der Waals surface area contributed by atoms with Crippen molar-refractivity contribution in [2.75, 3.05) is 26.4 Å². The highest BCUT2D eigenvalue weighted by atomic mass is 16.5. The van der Waals surface area contributed by atoms with Gasteiger partial charge in [-0.25, -0.2) is 0 Å². The lowest BCUT2D eigenvalue weighted by atomic mass is 10.1. The largest absolute Gasteiger partial charge is 0.394 e. The monoisotopic (exact) mass is 290 g/mol. The molecule has 0 bridgehead atoms. The van der Waals surface area contributed by atoms with E-state index in [1.54, 1.807) is 0 Å². The molecule has 0 unspecified atom stereocenters. The Morgan fingerprint density at radius 2 is 1.00 bits per heavy atom. The summed E-state index contributed by atoms with van der Waals surface area (Å²) >= 11 is 0. The van der Waals surface area contributed by atoms with Crippen LogP contribution in [0.2, 0.25) is 0 Å². The maximum Gasteiger partial charge on any atom is 0.0662 e. The van der Waals surface area contributed by atoms with Crippen LogP contribution < -0.4 is 0 Å². The van der Waals surface area contributed by atoms with E-state index in [2.05, 4.69) is 48.5 Å². The molecule has 0 aliphatic carbocycles. The lowest BCUT2D eigenvalue weighted by Crippen LogP contribution is -1.85. The number of aliphatic hydroxyl groups excluding tert-OH is 2. The van der Waals surface area contributed by atoms with Crippen LogP contribution >= 0.6 is 0 Å². The highest BCUT2D eigenvalue weighted by molar-refractivity contribution is 5.62. The maximum absolute atomic E-state index is 7.62. The van der Waals surface area contributed by atoms with Gasteiger partial charge in [0, 0.05) is 13.2 Å². The fraction of sp³-hybridized carbons (Fsp3) is 0.333. The molecule has 0 amide bonds. The normalized spacial score (nSPS) is 8.95. The van der Waals surface area contributed by atoms with E-state index in [0.29, 0.717) is 0 Å². The minimum atomic E-state index is -0.125. The van der Waals surface area contributed by atoms with Crippen molar-refractivity contribution in [3.63, 3.8) is 0 Å². The molecule has 2 aromatic rings. The van der Waals surface area contributed by atoms with E-state index in [-0.39, 0.29) is 13.2 Å². The third kappa shape index (κ3) is 10.7. The van der Waals surface area contributed by atoms with Gasteiger partial charge >= 0.3 is 0 Å². The molecule has 3 nitrogen and oxygen atoms in total. The van der Waals surface area contributed by atoms with E-state index >= 15 is 0 Å². The first-order valence-corrected chi connectivity index (χ1v) is 7.20. The number of hydrogen-bond donors (Lipinski definition) is 2. The van der Waals surface area contributed by atoms with Crippen molar-refractivity contribution < 1.29 is 14.9 Å². The van der Waals surface area contributed by atoms with E-state index < -0.39 is 0 Å². The van der Waals surface area contributed by atoms with E-state index in [1.165, 1.54) is 11.1 Å². The average molecular weight is 290 g/mol. The summed E-state index contributed by atoms with van der Waals surface area (Å²) in [7, 11) is 0. The standard InChI is InChI=1S/C12H10.C4H10O.C2H6O2/c1-3-7-11(8-4-1)12-9-5-2-6-10-12;1-3-5-4-2;3-1-2-4/h1-10H;3-4H2,1-2H3;3-4H,1-2H2. The molecule has 3 heteroatoms. The van der Waals surface area contributed by atoms with Crippen LogP contribution in [0.25, 0.3) is 11.1 Å². The first kappa shape index (κ1) is 19.3. The van der Waals surface area contributed by atoms with Crippen molar-refractivity contribution in [2.24, 2.45) is 0 Å². The molecule has 0 saturated carbocycles. The quantitative estimate of drug-likeness (QED) is 0.907. The smallest absolute Gasteiger partial charge is 0.0662 e. The van der Waals surface area contributed by atoms with Crippen LogP contribution in [0, 0.1) is 0 Å². The fourth-order valence-corrected chi connectivity index (χ4v) is 1.47. The van der Waals surface area contributed by atoms with Crippen molar-refractivity contribution in [1.82, 2.24) is 0 Å². The Morgan fingerprint density at radius 3 is 1.19 bits per heavy atom. The molecule has 0 aliphatic rings. The Kier molecular flexibility index (Phi) is 13.5. The zero-order valence-corrected chi connectivity index (χ0v) is 12.9. The third-order valence-electron chi connectivity index (χ3n) is 2.39. The minimum absolute atomic E-state index is 0.125. The molecule has 0 spiro atoms. The lowest BCUT2D eigenvalue weighted by Gasteiger charge is -1.98. The first-order valence-electron chi connectivity index (χ1n) is 7.20. The summed E-state index contributed by atoms with van der Waals surface area (Å²) in [4.78, 5) is 0. The van der Waals surface area contributed by atoms with Crippen molar-refractivity contribution >= 4 is 0 Å². The Morgan fingerprint density at radius 1 is 0.667 bits per heavy atom. The van der Waals surface area contributed by atoms with Gasteiger partial charge < -0.3 is 14.9 Å². The fourth-order valence-electron chi connectivity index (χ4n) is 1.47. The van der Waals surface area contributed by atoms with Gasteiger partial charge in [-0.3, -0.25) is 0 Å². The van der Waals surface area contributed by atoms with Gasteiger partial charge in [-0.15, -0.1) is 0 Å². The topological polar surface area (TPSA) is 49.7 Å². The molecule has 2 N–H and O–H groups in total. The van der Waals surface area contributed by atoms with E-state index in [9.17, 15) is 0 Å². The summed E-state index contributed by atoms with van der Waals surface area (Å²) < 4.78 is 4.83. The Bertz CT molecular complexity index is 373. The molecule has 2 aromatic carbocycles. The average Bonchev–Trinajstić information content (AvgIpc) is 2.58. The Balaban J connectivity index is 0.000000374. The summed E-state index contributed by atoms with van der Waals surface area (Å²) in [6.45, 7) is 5.42. The summed E-state index contributed by atoms with van der Waals surface area (Å²) in [6.07, 6.45) is 0. The highest BCUT2D eigenvalue weighted by Crippen LogP contribution is 2.17. The number of benzene rings is 2. The zero-order valence-electron chi connectivity index (χ0n) is 12.9. The van der Waals surface area contributed by atoms with E-state index in [1.807, 2.05) is 26.0 Å². The summed E-state index contributed by atoms with van der Waals surface area (Å²) in [6, 6.07) is 20.8. The molecule has 0 aromatic heterocycles. The Labute approximate surface area is 127 Å². The van der Waals surface area contributed by atoms with Gasteiger partial charge in [0.2, 0.25) is 0 Å². The van der Waals surface area contributed by atoms with Gasteiger partial charge in [0.25, 0.3) is 0 Å². The predicted molar refractivity (Wildman–Crippen MR) is 88.2 cm³/mol. The van der Waals surface area contributed by atoms with Gasteiger partial charge in [-0.1, -0.05) is 60.7 Å². The molecule has 21 heavy (non-hydrogen) atoms. The van der Waals surface area contributed by atoms with Crippen molar-refractivity contribution in [2.45, 2.75) is 13.8 Å². The third-order valence-corrected chi connectivity index (χ3v) is 2.39. The minimum Gasteiger partial charge on any atom is -0.394 e. The molecule has 0 fully saturated rings. The Hall–Kier alpha value is -1.68. The lowest BCUT2D eigenvalue weighted by molar-refractivity contribution is 0.162. The molecule has 116 valence electrons. The van der Waals surface area contributed by atoms with Crippen LogP contribution in [-0.2, 0) is 4.74 Å². The van der Waals surface area contributed by atoms with Crippen LogP contribution in [0.1, 0.15) is 13.8 Å². The number of rotatable bonds is 4. The van der Waals surface area contributed by atoms with Crippen LogP contribution in [-0.4, -0.2) is 36.6 Å². The molecule has 0 saturated heterocycles. The van der Waals surface area contributed by atoms with Crippen LogP contribution in [0.15, 0.2) is 60.7 Å². The molecule has 0 aliphatic heterocycles. The number of hydrogen-bond acceptors (Lipinski definition) is 3. The molecule has 2 rings (SSSR count). The van der Waals surface area contributed by atoms with Crippen molar-refractivity contribution in [3.05, 3.63) is 60.7 Å². The predicted octanol–water partition coefficient (Wildman–Crippen LogP) is 3.37. The molecule has 0 heterocycles.